The summed E-state index contributed by atoms with van der Waals surface area (Å²) in [4.78, 5) is 19.2. The fraction of sp³-hybridized carbons (Fsp3) is 0.222. The van der Waals surface area contributed by atoms with Crippen LogP contribution in [0.1, 0.15) is 37.0 Å². The number of fused-ring (bicyclic) bond motifs is 1. The van der Waals surface area contributed by atoms with E-state index < -0.39 is 0 Å². The number of hydrogen-bond donors (Lipinski definition) is 1. The number of rotatable bonds is 3. The summed E-state index contributed by atoms with van der Waals surface area (Å²) in [7, 11) is 0. The highest BCUT2D eigenvalue weighted by Gasteiger charge is 2.34. The monoisotopic (exact) mass is 454 g/mol. The van der Waals surface area contributed by atoms with E-state index in [1.807, 2.05) is 50.2 Å². The minimum Gasteiger partial charge on any atom is -0.326 e. The lowest BCUT2D eigenvalue weighted by molar-refractivity contribution is 0.260. The van der Waals surface area contributed by atoms with Gasteiger partial charge in [0.05, 0.1) is 16.1 Å². The lowest BCUT2D eigenvalue weighted by Crippen LogP contribution is -2.39. The van der Waals surface area contributed by atoms with E-state index in [2.05, 4.69) is 57.9 Å². The van der Waals surface area contributed by atoms with Crippen molar-refractivity contribution in [2.24, 2.45) is 10.1 Å². The van der Waals surface area contributed by atoms with Crippen LogP contribution >= 0.6 is 11.8 Å². The van der Waals surface area contributed by atoms with Gasteiger partial charge in [0.25, 0.3) is 5.24 Å². The van der Waals surface area contributed by atoms with Crippen molar-refractivity contribution in [1.82, 2.24) is 5.43 Å². The highest BCUT2D eigenvalue weighted by molar-refractivity contribution is 8.15. The first-order valence-electron chi connectivity index (χ1n) is 11.2. The second-order valence-electron chi connectivity index (χ2n) is 8.71. The molecule has 166 valence electrons. The molecule has 33 heavy (non-hydrogen) atoms. The Morgan fingerprint density at radius 1 is 1.03 bits per heavy atom. The number of hydrogen-bond acceptors (Lipinski definition) is 4. The van der Waals surface area contributed by atoms with Gasteiger partial charge in [-0.25, -0.2) is 10.4 Å². The van der Waals surface area contributed by atoms with Crippen LogP contribution in [-0.4, -0.2) is 28.1 Å². The van der Waals surface area contributed by atoms with E-state index >= 15 is 0 Å². The zero-order chi connectivity index (χ0) is 22.8. The molecule has 5 nitrogen and oxygen atoms in total. The molecule has 0 bridgehead atoms. The van der Waals surface area contributed by atoms with Gasteiger partial charge in [-0.05, 0) is 62.1 Å². The SMILES string of the molecule is CC1(C)SC(=O)NN=C1c1ccc2c(c1)CCCN2C(=Nc1ccccc1)c1ccccc1. The second kappa shape index (κ2) is 8.87. The van der Waals surface area contributed by atoms with Crippen molar-refractivity contribution in [3.05, 3.63) is 95.6 Å². The number of nitrogens with zero attached hydrogens (tertiary/aromatic N) is 3. The summed E-state index contributed by atoms with van der Waals surface area (Å²) in [5.41, 5.74) is 9.05. The number of carbonyl (C=O) groups is 1. The van der Waals surface area contributed by atoms with Crippen molar-refractivity contribution in [3.63, 3.8) is 0 Å². The number of para-hydroxylation sites is 1. The zero-order valence-corrected chi connectivity index (χ0v) is 19.6. The molecular weight excluding hydrogens is 428 g/mol. The van der Waals surface area contributed by atoms with Crippen molar-refractivity contribution >= 4 is 39.9 Å². The molecule has 3 aromatic rings. The Morgan fingerprint density at radius 3 is 2.48 bits per heavy atom. The summed E-state index contributed by atoms with van der Waals surface area (Å²) in [5.74, 6) is 0.952. The molecule has 3 aromatic carbocycles. The van der Waals surface area contributed by atoms with Crippen LogP contribution in [0, 0.1) is 0 Å². The van der Waals surface area contributed by atoms with Crippen LogP contribution in [0.3, 0.4) is 0 Å². The van der Waals surface area contributed by atoms with Gasteiger partial charge in [-0.3, -0.25) is 4.79 Å². The molecule has 1 N–H and O–H groups in total. The van der Waals surface area contributed by atoms with E-state index in [4.69, 9.17) is 4.99 Å². The van der Waals surface area contributed by atoms with Gasteiger partial charge >= 0.3 is 0 Å². The molecule has 5 rings (SSSR count). The minimum atomic E-state index is -0.380. The first-order chi connectivity index (χ1) is 16.0. The lowest BCUT2D eigenvalue weighted by atomic mass is 9.93. The van der Waals surface area contributed by atoms with E-state index in [1.54, 1.807) is 0 Å². The molecule has 0 radical (unpaired) electrons. The topological polar surface area (TPSA) is 57.1 Å². The van der Waals surface area contributed by atoms with Crippen LogP contribution in [0.2, 0.25) is 0 Å². The van der Waals surface area contributed by atoms with Crippen molar-refractivity contribution in [2.75, 3.05) is 11.4 Å². The molecular formula is C27H26N4OS. The van der Waals surface area contributed by atoms with Gasteiger partial charge in [0.15, 0.2) is 0 Å². The smallest absolute Gasteiger partial charge is 0.300 e. The van der Waals surface area contributed by atoms with Crippen LogP contribution in [0.25, 0.3) is 0 Å². The molecule has 0 aromatic heterocycles. The largest absolute Gasteiger partial charge is 0.326 e. The Balaban J connectivity index is 1.57. The number of thioether (sulfide) groups is 1. The van der Waals surface area contributed by atoms with Crippen LogP contribution in [0.4, 0.5) is 16.2 Å². The van der Waals surface area contributed by atoms with Crippen molar-refractivity contribution < 1.29 is 4.79 Å². The third-order valence-corrected chi connectivity index (χ3v) is 6.91. The molecule has 2 aliphatic rings. The Hall–Kier alpha value is -3.38. The Morgan fingerprint density at radius 2 is 1.76 bits per heavy atom. The van der Waals surface area contributed by atoms with Gasteiger partial charge < -0.3 is 4.90 Å². The van der Waals surface area contributed by atoms with Crippen molar-refractivity contribution in [3.8, 4) is 0 Å². The predicted octanol–water partition coefficient (Wildman–Crippen LogP) is 6.16. The number of carbonyl (C=O) groups excluding carboxylic acids is 1. The van der Waals surface area contributed by atoms with E-state index in [0.717, 1.165) is 47.7 Å². The first kappa shape index (κ1) is 21.5. The fourth-order valence-corrected chi connectivity index (χ4v) is 5.22. The molecule has 0 saturated heterocycles. The third-order valence-electron chi connectivity index (χ3n) is 5.93. The highest BCUT2D eigenvalue weighted by atomic mass is 32.2. The summed E-state index contributed by atoms with van der Waals surface area (Å²) >= 11 is 1.28. The fourth-order valence-electron chi connectivity index (χ4n) is 4.41. The number of hydrazone groups is 1. The maximum atomic E-state index is 11.8. The van der Waals surface area contributed by atoms with Crippen molar-refractivity contribution in [1.29, 1.82) is 0 Å². The normalized spacial score (nSPS) is 17.8. The molecule has 2 aliphatic heterocycles. The summed E-state index contributed by atoms with van der Waals surface area (Å²) in [6.45, 7) is 4.99. The number of anilines is 1. The molecule has 0 spiro atoms. The van der Waals surface area contributed by atoms with Gasteiger partial charge in [0.1, 0.15) is 5.84 Å². The van der Waals surface area contributed by atoms with Crippen molar-refractivity contribution in [2.45, 2.75) is 31.4 Å². The standard InChI is InChI=1S/C27H26N4OS/c1-27(2)24(29-30-26(32)33-27)21-15-16-23-20(18-21)12-9-17-31(23)25(19-10-5-3-6-11-19)28-22-13-7-4-8-14-22/h3-8,10-11,13-16,18H,9,12,17H2,1-2H3,(H,30,32). The first-order valence-corrected chi connectivity index (χ1v) is 12.0. The average molecular weight is 455 g/mol. The summed E-state index contributed by atoms with van der Waals surface area (Å²) in [5, 5.41) is 4.29. The van der Waals surface area contributed by atoms with Crippen LogP contribution in [0.5, 0.6) is 0 Å². The Kier molecular flexibility index (Phi) is 5.77. The van der Waals surface area contributed by atoms with E-state index in [1.165, 1.54) is 23.0 Å². The number of amides is 1. The van der Waals surface area contributed by atoms with E-state index in [-0.39, 0.29) is 9.99 Å². The van der Waals surface area contributed by atoms with Crippen LogP contribution in [-0.2, 0) is 6.42 Å². The van der Waals surface area contributed by atoms with Gasteiger partial charge in [0.2, 0.25) is 0 Å². The van der Waals surface area contributed by atoms with Gasteiger partial charge in [0, 0.05) is 17.8 Å². The van der Waals surface area contributed by atoms with Crippen LogP contribution < -0.4 is 10.3 Å². The Bertz CT molecular complexity index is 1240. The average Bonchev–Trinajstić information content (AvgIpc) is 2.82. The predicted molar refractivity (Wildman–Crippen MR) is 138 cm³/mol. The molecule has 0 unspecified atom stereocenters. The minimum absolute atomic E-state index is 0.113. The van der Waals surface area contributed by atoms with E-state index in [9.17, 15) is 4.79 Å². The molecule has 2 heterocycles. The summed E-state index contributed by atoms with van der Waals surface area (Å²) < 4.78 is -0.380. The second-order valence-corrected chi connectivity index (χ2v) is 10.3. The molecule has 1 amide bonds. The maximum Gasteiger partial charge on any atom is 0.300 e. The number of amidine groups is 1. The number of aryl methyl sites for hydroxylation is 1. The molecule has 0 fully saturated rings. The van der Waals surface area contributed by atoms with Gasteiger partial charge in [-0.2, -0.15) is 5.10 Å². The number of benzene rings is 3. The molecule has 0 saturated carbocycles. The van der Waals surface area contributed by atoms with E-state index in [0.29, 0.717) is 0 Å². The maximum absolute atomic E-state index is 11.8. The molecule has 6 heteroatoms. The van der Waals surface area contributed by atoms with Gasteiger partial charge in [-0.15, -0.1) is 0 Å². The Labute approximate surface area is 198 Å². The quantitative estimate of drug-likeness (QED) is 0.381. The highest BCUT2D eigenvalue weighted by Crippen LogP contribution is 2.36. The zero-order valence-electron chi connectivity index (χ0n) is 18.8. The molecule has 0 atom stereocenters. The van der Waals surface area contributed by atoms with Crippen LogP contribution in [0.15, 0.2) is 89.0 Å². The van der Waals surface area contributed by atoms with Gasteiger partial charge in [-0.1, -0.05) is 66.4 Å². The molecule has 0 aliphatic carbocycles. The summed E-state index contributed by atoms with van der Waals surface area (Å²) in [6, 6.07) is 27.0. The summed E-state index contributed by atoms with van der Waals surface area (Å²) in [6.07, 6.45) is 2.04. The number of nitrogens with one attached hydrogen (secondary N) is 1. The number of aliphatic imine (C=N–C) groups is 1. The third kappa shape index (κ3) is 4.44. The lowest BCUT2D eigenvalue weighted by Gasteiger charge is -2.34.